The lowest BCUT2D eigenvalue weighted by Gasteiger charge is -2.29. The molecule has 124 valence electrons. The maximum Gasteiger partial charge on any atom is 0.416 e. The van der Waals surface area contributed by atoms with Crippen LogP contribution in [0, 0.1) is 0 Å². The molecule has 1 heterocycles. The lowest BCUT2D eigenvalue weighted by molar-refractivity contribution is -0.138. The van der Waals surface area contributed by atoms with Crippen LogP contribution >= 0.6 is 12.4 Å². The van der Waals surface area contributed by atoms with Crippen LogP contribution in [0.2, 0.25) is 0 Å². The van der Waals surface area contributed by atoms with Crippen LogP contribution in [-0.2, 0) is 17.4 Å². The summed E-state index contributed by atoms with van der Waals surface area (Å²) in [6, 6.07) is 4.60. The molecule has 1 fully saturated rings. The maximum atomic E-state index is 12.8. The lowest BCUT2D eigenvalue weighted by Crippen LogP contribution is -2.53. The number of β-amino-alcohol motifs (C(OH)–C–C–N with tert-alkyl or cyclic N) is 1. The Balaban J connectivity index is 0.00000242. The highest BCUT2D eigenvalue weighted by Gasteiger charge is 2.33. The first-order valence-electron chi connectivity index (χ1n) is 6.71. The van der Waals surface area contributed by atoms with Gasteiger partial charge in [0.2, 0.25) is 5.91 Å². The molecular weight excluding hydrogens is 321 g/mol. The van der Waals surface area contributed by atoms with Crippen molar-refractivity contribution in [2.24, 2.45) is 0 Å². The molecule has 1 aliphatic heterocycles. The summed E-state index contributed by atoms with van der Waals surface area (Å²) >= 11 is 0. The van der Waals surface area contributed by atoms with Crippen LogP contribution in [0.1, 0.15) is 17.5 Å². The molecule has 8 heteroatoms. The Hall–Kier alpha value is -1.31. The van der Waals surface area contributed by atoms with E-state index in [4.69, 9.17) is 0 Å². The fraction of sp³-hybridized carbons (Fsp3) is 0.500. The molecule has 0 aliphatic carbocycles. The van der Waals surface area contributed by atoms with Crippen LogP contribution in [0.25, 0.3) is 0 Å². The number of hydrogen-bond donors (Lipinski definition) is 3. The number of amides is 1. The van der Waals surface area contributed by atoms with Crippen molar-refractivity contribution >= 4 is 18.3 Å². The summed E-state index contributed by atoms with van der Waals surface area (Å²) in [7, 11) is 0. The molecule has 1 amide bonds. The highest BCUT2D eigenvalue weighted by molar-refractivity contribution is 5.85. The molecule has 0 bridgehead atoms. The highest BCUT2D eigenvalue weighted by Crippen LogP contribution is 2.32. The number of carbonyl (C=O) groups excluding carboxylic acids is 1. The van der Waals surface area contributed by atoms with Gasteiger partial charge in [0.15, 0.2) is 0 Å². The fourth-order valence-electron chi connectivity index (χ4n) is 2.39. The van der Waals surface area contributed by atoms with Gasteiger partial charge in [-0.15, -0.1) is 12.4 Å². The van der Waals surface area contributed by atoms with E-state index >= 15 is 0 Å². The Morgan fingerprint density at radius 3 is 2.68 bits per heavy atom. The predicted molar refractivity (Wildman–Crippen MR) is 77.8 cm³/mol. The molecule has 4 nitrogen and oxygen atoms in total. The van der Waals surface area contributed by atoms with E-state index in [1.165, 1.54) is 18.2 Å². The number of aliphatic hydroxyl groups is 1. The number of nitrogens with one attached hydrogen (secondary N) is 2. The number of piperidine rings is 1. The van der Waals surface area contributed by atoms with E-state index < -0.39 is 29.8 Å². The Labute approximate surface area is 132 Å². The molecule has 0 aromatic heterocycles. The van der Waals surface area contributed by atoms with Crippen molar-refractivity contribution in [3.05, 3.63) is 35.4 Å². The number of alkyl halides is 3. The van der Waals surface area contributed by atoms with E-state index in [1.807, 2.05) is 0 Å². The molecule has 1 saturated heterocycles. The van der Waals surface area contributed by atoms with Crippen LogP contribution in [-0.4, -0.2) is 36.2 Å². The summed E-state index contributed by atoms with van der Waals surface area (Å²) in [4.78, 5) is 11.9. The van der Waals surface area contributed by atoms with Gasteiger partial charge in [-0.05, 0) is 24.6 Å². The number of rotatable bonds is 3. The molecule has 0 unspecified atom stereocenters. The quantitative estimate of drug-likeness (QED) is 0.783. The zero-order chi connectivity index (χ0) is 15.5. The highest BCUT2D eigenvalue weighted by atomic mass is 35.5. The molecule has 1 aliphatic rings. The van der Waals surface area contributed by atoms with E-state index in [0.29, 0.717) is 19.5 Å². The molecular formula is C14H18ClF3N2O2. The van der Waals surface area contributed by atoms with E-state index in [2.05, 4.69) is 10.6 Å². The third-order valence-corrected chi connectivity index (χ3v) is 3.47. The Morgan fingerprint density at radius 1 is 1.36 bits per heavy atom. The van der Waals surface area contributed by atoms with Crippen molar-refractivity contribution in [1.82, 2.24) is 10.6 Å². The van der Waals surface area contributed by atoms with Gasteiger partial charge in [0.05, 0.1) is 24.1 Å². The molecule has 1 aromatic carbocycles. The van der Waals surface area contributed by atoms with E-state index in [-0.39, 0.29) is 24.4 Å². The van der Waals surface area contributed by atoms with Crippen LogP contribution in [0.15, 0.2) is 24.3 Å². The number of aliphatic hydroxyl groups excluding tert-OH is 1. The van der Waals surface area contributed by atoms with Gasteiger partial charge in [-0.3, -0.25) is 4.79 Å². The topological polar surface area (TPSA) is 61.4 Å². The number of carbonyl (C=O) groups is 1. The molecule has 0 radical (unpaired) electrons. The van der Waals surface area contributed by atoms with Crippen molar-refractivity contribution in [2.45, 2.75) is 31.2 Å². The number of hydrogen-bond acceptors (Lipinski definition) is 3. The second-order valence-electron chi connectivity index (χ2n) is 5.07. The predicted octanol–water partition coefficient (Wildman–Crippen LogP) is 1.51. The van der Waals surface area contributed by atoms with Gasteiger partial charge in [-0.2, -0.15) is 13.2 Å². The summed E-state index contributed by atoms with van der Waals surface area (Å²) in [5.74, 6) is -0.516. The largest absolute Gasteiger partial charge is 0.416 e. The van der Waals surface area contributed by atoms with Crippen LogP contribution in [0.4, 0.5) is 13.2 Å². The van der Waals surface area contributed by atoms with E-state index in [0.717, 1.165) is 6.07 Å². The minimum Gasteiger partial charge on any atom is -0.390 e. The smallest absolute Gasteiger partial charge is 0.390 e. The Kier molecular flexibility index (Phi) is 6.65. The molecule has 22 heavy (non-hydrogen) atoms. The maximum absolute atomic E-state index is 12.8. The zero-order valence-corrected chi connectivity index (χ0v) is 12.5. The van der Waals surface area contributed by atoms with Gasteiger partial charge in [0.25, 0.3) is 0 Å². The summed E-state index contributed by atoms with van der Waals surface area (Å²) < 4.78 is 38.5. The van der Waals surface area contributed by atoms with E-state index in [9.17, 15) is 23.1 Å². The third kappa shape index (κ3) is 4.86. The molecule has 0 spiro atoms. The molecule has 0 saturated carbocycles. The summed E-state index contributed by atoms with van der Waals surface area (Å²) in [5, 5.41) is 15.3. The average molecular weight is 339 g/mol. The minimum atomic E-state index is -4.48. The fourth-order valence-corrected chi connectivity index (χ4v) is 2.39. The van der Waals surface area contributed by atoms with Gasteiger partial charge >= 0.3 is 6.18 Å². The summed E-state index contributed by atoms with van der Waals surface area (Å²) in [6.07, 6.45) is -5.01. The third-order valence-electron chi connectivity index (χ3n) is 3.47. The van der Waals surface area contributed by atoms with Crippen LogP contribution in [0.5, 0.6) is 0 Å². The normalized spacial score (nSPS) is 21.8. The molecule has 3 N–H and O–H groups in total. The molecule has 1 aromatic rings. The molecule has 2 atom stereocenters. The minimum absolute atomic E-state index is 0. The monoisotopic (exact) mass is 338 g/mol. The first kappa shape index (κ1) is 18.7. The van der Waals surface area contributed by atoms with Crippen molar-refractivity contribution in [1.29, 1.82) is 0 Å². The van der Waals surface area contributed by atoms with Gasteiger partial charge in [-0.25, -0.2) is 0 Å². The Bertz CT molecular complexity index is 511. The van der Waals surface area contributed by atoms with Gasteiger partial charge < -0.3 is 15.7 Å². The number of halogens is 4. The molecule has 2 rings (SSSR count). The number of benzene rings is 1. The lowest BCUT2D eigenvalue weighted by atomic mass is 10.0. The standard InChI is InChI=1S/C14H17F3N2O2.ClH/c15-14(16,17)10-4-2-1-3-9(10)7-13(21)19-11-5-6-18-8-12(11)20;/h1-4,11-12,18,20H,5-8H2,(H,19,21);1H/t11-,12-;/m1./s1. The van der Waals surface area contributed by atoms with Gasteiger partial charge in [-0.1, -0.05) is 18.2 Å². The van der Waals surface area contributed by atoms with Crippen LogP contribution < -0.4 is 10.6 Å². The second kappa shape index (κ2) is 7.80. The SMILES string of the molecule is Cl.O=C(Cc1ccccc1C(F)(F)F)N[C@@H]1CCNC[C@H]1O. The first-order chi connectivity index (χ1) is 9.88. The van der Waals surface area contributed by atoms with Crippen molar-refractivity contribution in [2.75, 3.05) is 13.1 Å². The average Bonchev–Trinajstić information content (AvgIpc) is 2.41. The van der Waals surface area contributed by atoms with Crippen LogP contribution in [0.3, 0.4) is 0 Å². The van der Waals surface area contributed by atoms with Gasteiger partial charge in [0, 0.05) is 6.54 Å². The summed E-state index contributed by atoms with van der Waals surface area (Å²) in [6.45, 7) is 1.02. The van der Waals surface area contributed by atoms with Crippen molar-refractivity contribution in [3.63, 3.8) is 0 Å². The van der Waals surface area contributed by atoms with Crippen molar-refractivity contribution in [3.8, 4) is 0 Å². The Morgan fingerprint density at radius 2 is 2.05 bits per heavy atom. The van der Waals surface area contributed by atoms with Gasteiger partial charge in [0.1, 0.15) is 0 Å². The van der Waals surface area contributed by atoms with E-state index in [1.54, 1.807) is 0 Å². The first-order valence-corrected chi connectivity index (χ1v) is 6.71. The summed E-state index contributed by atoms with van der Waals surface area (Å²) in [5.41, 5.74) is -0.864. The zero-order valence-electron chi connectivity index (χ0n) is 11.7. The second-order valence-corrected chi connectivity index (χ2v) is 5.07. The van der Waals surface area contributed by atoms with Crippen molar-refractivity contribution < 1.29 is 23.1 Å².